The van der Waals surface area contributed by atoms with E-state index in [4.69, 9.17) is 0 Å². The van der Waals surface area contributed by atoms with E-state index in [9.17, 15) is 17.7 Å². The molecule has 20 heavy (non-hydrogen) atoms. The molecule has 0 radical (unpaired) electrons. The average Bonchev–Trinajstić information content (AvgIpc) is 2.25. The molecule has 0 saturated heterocycles. The summed E-state index contributed by atoms with van der Waals surface area (Å²) in [6, 6.07) is 3.72. The summed E-state index contributed by atoms with van der Waals surface area (Å²) in [5.41, 5.74) is 0.455. The van der Waals surface area contributed by atoms with Gasteiger partial charge in [0.15, 0.2) is 0 Å². The highest BCUT2D eigenvalue weighted by Gasteiger charge is 2.31. The molecule has 0 fully saturated rings. The van der Waals surface area contributed by atoms with E-state index in [0.29, 0.717) is 16.8 Å². The van der Waals surface area contributed by atoms with Crippen molar-refractivity contribution in [3.05, 3.63) is 34.9 Å². The molecule has 2 nitrogen and oxygen atoms in total. The van der Waals surface area contributed by atoms with Crippen LogP contribution in [0, 0.1) is 6.92 Å². The smallest absolute Gasteiger partial charge is 0.416 e. The Labute approximate surface area is 120 Å². The monoisotopic (exact) mass is 305 g/mol. The second-order valence-electron chi connectivity index (χ2n) is 5.62. The Morgan fingerprint density at radius 3 is 2.15 bits per heavy atom. The molecular weight excluding hydrogens is 287 g/mol. The number of hydrogen-bond donors (Lipinski definition) is 0. The van der Waals surface area contributed by atoms with Crippen molar-refractivity contribution in [2.45, 2.75) is 45.5 Å². The highest BCUT2D eigenvalue weighted by Crippen LogP contribution is 2.31. The van der Waals surface area contributed by atoms with E-state index in [1.54, 1.807) is 40.7 Å². The van der Waals surface area contributed by atoms with Gasteiger partial charge >= 0.3 is 6.18 Å². The molecule has 1 aromatic rings. The first kappa shape index (κ1) is 17.0. The number of hydrogen-bond acceptors (Lipinski definition) is 2. The van der Waals surface area contributed by atoms with Gasteiger partial charge in [0.2, 0.25) is 0 Å². The van der Waals surface area contributed by atoms with Crippen LogP contribution in [0.3, 0.4) is 0 Å². The SMILES string of the molecule is C/C(=N\[S+]([O-])C(C)(C)C)c1cc(C)cc(C(F)(F)F)c1. The zero-order valence-electron chi connectivity index (χ0n) is 12.1. The lowest BCUT2D eigenvalue weighted by Gasteiger charge is -2.19. The largest absolute Gasteiger partial charge is 0.591 e. The van der Waals surface area contributed by atoms with Gasteiger partial charge in [0.1, 0.15) is 16.1 Å². The minimum atomic E-state index is -4.40. The predicted molar refractivity (Wildman–Crippen MR) is 76.3 cm³/mol. The van der Waals surface area contributed by atoms with E-state index in [2.05, 4.69) is 4.40 Å². The van der Waals surface area contributed by atoms with Crippen molar-refractivity contribution in [2.24, 2.45) is 4.40 Å². The molecule has 0 heterocycles. The summed E-state index contributed by atoms with van der Waals surface area (Å²) in [5.74, 6) is 0. The van der Waals surface area contributed by atoms with E-state index in [0.717, 1.165) is 12.1 Å². The molecular formula is C14H18F3NOS. The summed E-state index contributed by atoms with van der Waals surface area (Å²) in [6.07, 6.45) is -4.40. The fourth-order valence-corrected chi connectivity index (χ4v) is 2.10. The van der Waals surface area contributed by atoms with Crippen molar-refractivity contribution in [1.82, 2.24) is 0 Å². The van der Waals surface area contributed by atoms with Crippen LogP contribution in [0.2, 0.25) is 0 Å². The zero-order valence-corrected chi connectivity index (χ0v) is 12.9. The van der Waals surface area contributed by atoms with Crippen molar-refractivity contribution in [3.63, 3.8) is 0 Å². The Morgan fingerprint density at radius 1 is 1.15 bits per heavy atom. The van der Waals surface area contributed by atoms with Gasteiger partial charge in [0.25, 0.3) is 0 Å². The number of nitrogens with zero attached hydrogens (tertiary/aromatic N) is 1. The fraction of sp³-hybridized carbons (Fsp3) is 0.500. The molecule has 6 heteroatoms. The van der Waals surface area contributed by atoms with Crippen molar-refractivity contribution in [2.75, 3.05) is 0 Å². The van der Waals surface area contributed by atoms with E-state index < -0.39 is 27.8 Å². The van der Waals surface area contributed by atoms with Crippen molar-refractivity contribution in [3.8, 4) is 0 Å². The first-order valence-electron chi connectivity index (χ1n) is 6.08. The van der Waals surface area contributed by atoms with Gasteiger partial charge in [-0.25, -0.2) is 0 Å². The lowest BCUT2D eigenvalue weighted by atomic mass is 10.0. The summed E-state index contributed by atoms with van der Waals surface area (Å²) in [6.45, 7) is 8.44. The van der Waals surface area contributed by atoms with Crippen molar-refractivity contribution < 1.29 is 17.7 Å². The Morgan fingerprint density at radius 2 is 1.70 bits per heavy atom. The van der Waals surface area contributed by atoms with Gasteiger partial charge in [-0.1, -0.05) is 10.5 Å². The highest BCUT2D eigenvalue weighted by molar-refractivity contribution is 7.91. The third-order valence-electron chi connectivity index (χ3n) is 2.57. The normalized spacial score (nSPS) is 15.3. The molecule has 0 aliphatic carbocycles. The summed E-state index contributed by atoms with van der Waals surface area (Å²) in [4.78, 5) is 0. The number of benzene rings is 1. The topological polar surface area (TPSA) is 35.4 Å². The Bertz CT molecular complexity index is 518. The minimum Gasteiger partial charge on any atom is -0.591 e. The Kier molecular flexibility index (Phi) is 4.92. The molecule has 0 saturated carbocycles. The number of alkyl halides is 3. The molecule has 1 unspecified atom stereocenters. The van der Waals surface area contributed by atoms with Crippen LogP contribution in [0.1, 0.15) is 44.4 Å². The second-order valence-corrected chi connectivity index (χ2v) is 7.53. The maximum absolute atomic E-state index is 12.8. The standard InChI is InChI=1S/C14H18F3NOS/c1-9-6-11(8-12(7-9)14(15,16)17)10(2)18-20(19)13(3,4)5/h6-8H,1-5H3/b18-10+. The molecule has 112 valence electrons. The third kappa shape index (κ3) is 4.52. The van der Waals surface area contributed by atoms with Crippen LogP contribution in [0.4, 0.5) is 13.2 Å². The average molecular weight is 305 g/mol. The number of halogens is 3. The quantitative estimate of drug-likeness (QED) is 0.593. The van der Waals surface area contributed by atoms with Gasteiger partial charge in [0, 0.05) is 5.56 Å². The second kappa shape index (κ2) is 5.77. The Balaban J connectivity index is 3.20. The van der Waals surface area contributed by atoms with Gasteiger partial charge in [0.05, 0.1) is 11.3 Å². The van der Waals surface area contributed by atoms with Gasteiger partial charge in [-0.3, -0.25) is 0 Å². The lowest BCUT2D eigenvalue weighted by Crippen LogP contribution is -2.26. The molecule has 0 amide bonds. The fourth-order valence-electron chi connectivity index (χ4n) is 1.47. The maximum Gasteiger partial charge on any atom is 0.416 e. The van der Waals surface area contributed by atoms with Crippen LogP contribution < -0.4 is 0 Å². The molecule has 1 aromatic carbocycles. The Hall–Kier alpha value is -1.01. The van der Waals surface area contributed by atoms with E-state index in [1.807, 2.05) is 0 Å². The first-order chi connectivity index (χ1) is 8.91. The van der Waals surface area contributed by atoms with Crippen LogP contribution in [0.25, 0.3) is 0 Å². The van der Waals surface area contributed by atoms with Gasteiger partial charge in [-0.15, -0.1) is 0 Å². The van der Waals surface area contributed by atoms with Gasteiger partial charge < -0.3 is 4.55 Å². The molecule has 1 rings (SSSR count). The summed E-state index contributed by atoms with van der Waals surface area (Å²) in [5, 5.41) is 0. The molecule has 0 aliphatic rings. The van der Waals surface area contributed by atoms with Gasteiger partial charge in [-0.05, 0) is 52.3 Å². The molecule has 1 atom stereocenters. The minimum absolute atomic E-state index is 0.340. The van der Waals surface area contributed by atoms with Crippen molar-refractivity contribution >= 4 is 17.1 Å². The zero-order chi connectivity index (χ0) is 15.7. The molecule has 0 aliphatic heterocycles. The highest BCUT2D eigenvalue weighted by atomic mass is 32.2. The van der Waals surface area contributed by atoms with Crippen LogP contribution in [-0.2, 0) is 17.5 Å². The predicted octanol–water partition coefficient (Wildman–Crippen LogP) is 4.29. The van der Waals surface area contributed by atoms with Crippen LogP contribution in [-0.4, -0.2) is 15.0 Å². The first-order valence-corrected chi connectivity index (χ1v) is 7.18. The number of rotatable bonds is 2. The number of aryl methyl sites for hydroxylation is 1. The maximum atomic E-state index is 12.8. The van der Waals surface area contributed by atoms with Gasteiger partial charge in [-0.2, -0.15) is 13.2 Å². The third-order valence-corrected chi connectivity index (χ3v) is 4.05. The summed E-state index contributed by atoms with van der Waals surface area (Å²) in [7, 11) is 0. The van der Waals surface area contributed by atoms with E-state index >= 15 is 0 Å². The molecule has 0 spiro atoms. The summed E-state index contributed by atoms with van der Waals surface area (Å²) >= 11 is -1.50. The van der Waals surface area contributed by atoms with Crippen molar-refractivity contribution in [1.29, 1.82) is 0 Å². The van der Waals surface area contributed by atoms with Crippen LogP contribution in [0.5, 0.6) is 0 Å². The van der Waals surface area contributed by atoms with E-state index in [1.165, 1.54) is 0 Å². The molecule has 0 bridgehead atoms. The summed E-state index contributed by atoms with van der Waals surface area (Å²) < 4.78 is 53.7. The van der Waals surface area contributed by atoms with Crippen LogP contribution in [0.15, 0.2) is 22.6 Å². The van der Waals surface area contributed by atoms with E-state index in [-0.39, 0.29) is 0 Å². The molecule has 0 N–H and O–H groups in total. The molecule has 0 aromatic heterocycles. The van der Waals surface area contributed by atoms with Crippen LogP contribution >= 0.6 is 0 Å². The lowest BCUT2D eigenvalue weighted by molar-refractivity contribution is -0.137.